The van der Waals surface area contributed by atoms with Gasteiger partial charge in [-0.3, -0.25) is 4.79 Å². The summed E-state index contributed by atoms with van der Waals surface area (Å²) in [5, 5.41) is 12.9. The van der Waals surface area contributed by atoms with Gasteiger partial charge in [0, 0.05) is 28.9 Å². The van der Waals surface area contributed by atoms with E-state index in [9.17, 15) is 9.90 Å². The lowest BCUT2D eigenvalue weighted by molar-refractivity contribution is -0.131. The quantitative estimate of drug-likeness (QED) is 0.640. The minimum Gasteiger partial charge on any atom is -0.380 e. The summed E-state index contributed by atoms with van der Waals surface area (Å²) in [7, 11) is 0. The first-order valence-corrected chi connectivity index (χ1v) is 12.0. The number of carbonyl (C=O) groups excluding carboxylic acids is 1. The predicted molar refractivity (Wildman–Crippen MR) is 119 cm³/mol. The lowest BCUT2D eigenvalue weighted by Crippen LogP contribution is -2.45. The zero-order valence-electron chi connectivity index (χ0n) is 16.8. The van der Waals surface area contributed by atoms with Gasteiger partial charge in [0.1, 0.15) is 5.60 Å². The molecule has 29 heavy (non-hydrogen) atoms. The van der Waals surface area contributed by atoms with Gasteiger partial charge in [0.05, 0.1) is 0 Å². The van der Waals surface area contributed by atoms with Crippen LogP contribution in [0, 0.1) is 5.92 Å². The average Bonchev–Trinajstić information content (AvgIpc) is 3.20. The lowest BCUT2D eigenvalue weighted by Gasteiger charge is -2.44. The molecule has 1 heterocycles. The molecule has 1 saturated carbocycles. The number of benzene rings is 2. The Morgan fingerprint density at radius 1 is 1.03 bits per heavy atom. The van der Waals surface area contributed by atoms with Crippen molar-refractivity contribution in [2.24, 2.45) is 5.92 Å². The molecule has 2 aromatic rings. The van der Waals surface area contributed by atoms with E-state index in [1.165, 1.54) is 4.90 Å². The number of thioether (sulfide) groups is 1. The molecule has 2 aromatic carbocycles. The second-order valence-electron chi connectivity index (χ2n) is 8.21. The Kier molecular flexibility index (Phi) is 6.24. The van der Waals surface area contributed by atoms with Crippen LogP contribution in [0.25, 0.3) is 0 Å². The number of aliphatic hydroxyl groups is 1. The fraction of sp³-hybridized carbons (Fsp3) is 0.458. The molecule has 4 rings (SSSR count). The van der Waals surface area contributed by atoms with Crippen molar-refractivity contribution in [2.45, 2.75) is 55.1 Å². The van der Waals surface area contributed by atoms with Gasteiger partial charge in [-0.15, -0.1) is 11.8 Å². The van der Waals surface area contributed by atoms with Crippen LogP contribution in [0.1, 0.15) is 49.7 Å². The molecule has 5 heteroatoms. The van der Waals surface area contributed by atoms with E-state index < -0.39 is 5.60 Å². The van der Waals surface area contributed by atoms with E-state index in [0.717, 1.165) is 49.8 Å². The molecule has 3 nitrogen and oxygen atoms in total. The minimum atomic E-state index is -1.09. The zero-order valence-corrected chi connectivity index (χ0v) is 18.4. The Hall–Kier alpha value is -1.49. The van der Waals surface area contributed by atoms with Gasteiger partial charge in [0.15, 0.2) is 0 Å². The number of amides is 1. The molecule has 2 aliphatic rings. The highest BCUT2D eigenvalue weighted by Gasteiger charge is 2.44. The summed E-state index contributed by atoms with van der Waals surface area (Å²) in [5.41, 5.74) is 0.691. The van der Waals surface area contributed by atoms with E-state index in [1.807, 2.05) is 36.4 Å². The van der Waals surface area contributed by atoms with E-state index in [0.29, 0.717) is 11.4 Å². The molecule has 0 spiro atoms. The van der Waals surface area contributed by atoms with Crippen LogP contribution in [0.3, 0.4) is 0 Å². The third-order valence-electron chi connectivity index (χ3n) is 6.60. The summed E-state index contributed by atoms with van der Waals surface area (Å²) in [5.74, 6) is 0.325. The van der Waals surface area contributed by atoms with E-state index in [1.54, 1.807) is 11.8 Å². The first-order chi connectivity index (χ1) is 14.0. The summed E-state index contributed by atoms with van der Waals surface area (Å²) >= 11 is 7.83. The van der Waals surface area contributed by atoms with Crippen LogP contribution in [-0.4, -0.2) is 34.8 Å². The maximum atomic E-state index is 12.3. The van der Waals surface area contributed by atoms with Gasteiger partial charge < -0.3 is 10.0 Å². The average molecular weight is 430 g/mol. The highest BCUT2D eigenvalue weighted by molar-refractivity contribution is 7.98. The van der Waals surface area contributed by atoms with E-state index in [-0.39, 0.29) is 17.9 Å². The molecule has 0 aromatic heterocycles. The molecular weight excluding hydrogens is 402 g/mol. The van der Waals surface area contributed by atoms with Crippen molar-refractivity contribution in [1.29, 1.82) is 0 Å². The number of likely N-dealkylation sites (tertiary alicyclic amines) is 1. The fourth-order valence-corrected chi connectivity index (χ4v) is 5.60. The first kappa shape index (κ1) is 20.8. The number of halogens is 1. The lowest BCUT2D eigenvalue weighted by atomic mass is 9.68. The third-order valence-corrected chi connectivity index (χ3v) is 7.60. The summed E-state index contributed by atoms with van der Waals surface area (Å²) in [4.78, 5) is 15.6. The smallest absolute Gasteiger partial charge is 0.222 e. The summed E-state index contributed by atoms with van der Waals surface area (Å²) in [6, 6.07) is 16.1. The topological polar surface area (TPSA) is 40.5 Å². The van der Waals surface area contributed by atoms with Gasteiger partial charge >= 0.3 is 0 Å². The fourth-order valence-electron chi connectivity index (χ4n) is 5.07. The summed E-state index contributed by atoms with van der Waals surface area (Å²) in [6.07, 6.45) is 7.51. The molecular formula is C24H28ClNO2S. The second-order valence-corrected chi connectivity index (χ2v) is 9.53. The van der Waals surface area contributed by atoms with Gasteiger partial charge in [-0.2, -0.15) is 0 Å². The molecule has 1 aliphatic carbocycles. The van der Waals surface area contributed by atoms with Crippen LogP contribution >= 0.6 is 23.4 Å². The van der Waals surface area contributed by atoms with Crippen LogP contribution in [0.15, 0.2) is 53.4 Å². The Labute approximate surface area is 182 Å². The normalized spacial score (nSPS) is 24.5. The monoisotopic (exact) mass is 429 g/mol. The van der Waals surface area contributed by atoms with Crippen molar-refractivity contribution >= 4 is 29.3 Å². The maximum absolute atomic E-state index is 12.3. The van der Waals surface area contributed by atoms with Gasteiger partial charge in [-0.25, -0.2) is 0 Å². The van der Waals surface area contributed by atoms with Gasteiger partial charge in [0.25, 0.3) is 0 Å². The number of carbonyl (C=O) groups is 1. The SMILES string of the molecule is CSc1ccc(C(O)(c2ccc(Cl)cc2)C2CCCC(N3CCCC3=O)C2)cc1. The Morgan fingerprint density at radius 3 is 2.28 bits per heavy atom. The van der Waals surface area contributed by atoms with Gasteiger partial charge in [-0.05, 0) is 73.2 Å². The summed E-state index contributed by atoms with van der Waals surface area (Å²) in [6.45, 7) is 0.859. The Bertz CT molecular complexity index is 854. The van der Waals surface area contributed by atoms with Crippen molar-refractivity contribution in [1.82, 2.24) is 4.90 Å². The molecule has 0 bridgehead atoms. The first-order valence-electron chi connectivity index (χ1n) is 10.4. The molecule has 1 amide bonds. The molecule has 3 atom stereocenters. The minimum absolute atomic E-state index is 0.0518. The van der Waals surface area contributed by atoms with Crippen molar-refractivity contribution < 1.29 is 9.90 Å². The maximum Gasteiger partial charge on any atom is 0.222 e. The Morgan fingerprint density at radius 2 is 1.69 bits per heavy atom. The molecule has 0 radical (unpaired) electrons. The molecule has 2 fully saturated rings. The van der Waals surface area contributed by atoms with E-state index in [2.05, 4.69) is 23.3 Å². The molecule has 3 unspecified atom stereocenters. The van der Waals surface area contributed by atoms with E-state index in [4.69, 9.17) is 11.6 Å². The second kappa shape index (κ2) is 8.71. The van der Waals surface area contributed by atoms with E-state index >= 15 is 0 Å². The van der Waals surface area contributed by atoms with Crippen molar-refractivity contribution in [3.05, 3.63) is 64.7 Å². The van der Waals surface area contributed by atoms with Crippen LogP contribution in [-0.2, 0) is 10.4 Å². The molecule has 1 N–H and O–H groups in total. The van der Waals surface area contributed by atoms with Crippen molar-refractivity contribution in [3.63, 3.8) is 0 Å². The molecule has 1 saturated heterocycles. The predicted octanol–water partition coefficient (Wildman–Crippen LogP) is 5.48. The number of hydrogen-bond donors (Lipinski definition) is 1. The standard InChI is InChI=1S/C24H28ClNO2S/c1-29-22-13-9-18(10-14-22)24(28,17-7-11-20(25)12-8-17)19-4-2-5-21(16-19)26-15-3-6-23(26)27/h7-14,19,21,28H,2-6,15-16H2,1H3. The molecule has 1 aliphatic heterocycles. The zero-order chi connectivity index (χ0) is 20.4. The van der Waals surface area contributed by atoms with Crippen LogP contribution in [0.4, 0.5) is 0 Å². The largest absolute Gasteiger partial charge is 0.380 e. The summed E-state index contributed by atoms with van der Waals surface area (Å²) < 4.78 is 0. The van der Waals surface area contributed by atoms with Crippen LogP contribution in [0.5, 0.6) is 0 Å². The Balaban J connectivity index is 1.71. The van der Waals surface area contributed by atoms with Crippen LogP contribution < -0.4 is 0 Å². The van der Waals surface area contributed by atoms with Crippen molar-refractivity contribution in [2.75, 3.05) is 12.8 Å². The number of hydrogen-bond acceptors (Lipinski definition) is 3. The molecule has 154 valence electrons. The third kappa shape index (κ3) is 4.08. The van der Waals surface area contributed by atoms with Gasteiger partial charge in [0.2, 0.25) is 5.91 Å². The highest BCUT2D eigenvalue weighted by Crippen LogP contribution is 2.45. The number of nitrogens with zero attached hydrogens (tertiary/aromatic N) is 1. The highest BCUT2D eigenvalue weighted by atomic mass is 35.5. The van der Waals surface area contributed by atoms with Gasteiger partial charge in [-0.1, -0.05) is 42.3 Å². The number of rotatable bonds is 5. The van der Waals surface area contributed by atoms with Crippen molar-refractivity contribution in [3.8, 4) is 0 Å². The van der Waals surface area contributed by atoms with Crippen LogP contribution in [0.2, 0.25) is 5.02 Å².